The van der Waals surface area contributed by atoms with Crippen molar-refractivity contribution < 1.29 is 28.6 Å². The Morgan fingerprint density at radius 1 is 0.577 bits per heavy atom. The van der Waals surface area contributed by atoms with Crippen molar-refractivity contribution in [2.75, 3.05) is 37.0 Å². The van der Waals surface area contributed by atoms with Crippen LogP contribution in [0.4, 0.5) is 25.8 Å². The summed E-state index contributed by atoms with van der Waals surface area (Å²) >= 11 is 0. The minimum Gasteiger partial charge on any atom is -0.490 e. The predicted octanol–water partition coefficient (Wildman–Crippen LogP) is 7.09. The summed E-state index contributed by atoms with van der Waals surface area (Å²) in [5.74, 6) is 1.90. The Morgan fingerprint density at radius 2 is 1.02 bits per heavy atom. The van der Waals surface area contributed by atoms with Crippen LogP contribution in [0.3, 0.4) is 0 Å². The standard InChI is InChI=1S/C40H46N6O6/c1-5-21-50-35(8-4)11-9-10-20-41-38(47)42-27-30-24-31(28-43-39(48)45-33-12-16-36(17-13-33)51-22-6-2)26-32(25-30)29-44-40(49)46-34-14-18-37(19-15-34)52-23-7-3/h5-19,24-26H,1-4,20-23,27-29H2,(H2,41,42,47)(H2,43,45,48)(H2,44,46,49)/b10-9+,35-11+. The van der Waals surface area contributed by atoms with Crippen LogP contribution in [0.15, 0.2) is 141 Å². The number of benzene rings is 3. The number of allylic oxidation sites excluding steroid dienone is 3. The number of nitrogens with one attached hydrogen (secondary N) is 6. The highest BCUT2D eigenvalue weighted by molar-refractivity contribution is 5.89. The van der Waals surface area contributed by atoms with E-state index in [0.29, 0.717) is 48.5 Å². The predicted molar refractivity (Wildman–Crippen MR) is 206 cm³/mol. The van der Waals surface area contributed by atoms with Crippen molar-refractivity contribution in [3.8, 4) is 11.5 Å². The summed E-state index contributed by atoms with van der Waals surface area (Å²) in [6, 6.07) is 18.4. The monoisotopic (exact) mass is 706 g/mol. The summed E-state index contributed by atoms with van der Waals surface area (Å²) in [5, 5.41) is 16.9. The normalized spacial score (nSPS) is 10.7. The molecule has 12 nitrogen and oxygen atoms in total. The summed E-state index contributed by atoms with van der Waals surface area (Å²) in [7, 11) is 0. The fraction of sp³-hybridized carbons (Fsp3) is 0.175. The molecule has 0 atom stereocenters. The molecule has 0 unspecified atom stereocenters. The van der Waals surface area contributed by atoms with Gasteiger partial charge in [-0.3, -0.25) is 0 Å². The molecule has 12 heteroatoms. The van der Waals surface area contributed by atoms with E-state index in [1.165, 1.54) is 0 Å². The number of rotatable bonds is 21. The molecule has 0 aromatic heterocycles. The van der Waals surface area contributed by atoms with Gasteiger partial charge in [-0.15, -0.1) is 0 Å². The van der Waals surface area contributed by atoms with Crippen LogP contribution in [-0.4, -0.2) is 44.5 Å². The van der Waals surface area contributed by atoms with Crippen molar-refractivity contribution in [3.05, 3.63) is 158 Å². The molecular formula is C40H46N6O6. The molecule has 0 heterocycles. The number of hydrogen-bond donors (Lipinski definition) is 6. The molecule has 3 aromatic carbocycles. The topological polar surface area (TPSA) is 151 Å². The number of carbonyl (C=O) groups is 3. The van der Waals surface area contributed by atoms with Crippen LogP contribution >= 0.6 is 0 Å². The lowest BCUT2D eigenvalue weighted by molar-refractivity contribution is 0.241. The SMILES string of the molecule is C=CCO/C(C=C)=C/C=C/CNC(=O)NCc1cc(CNC(=O)Nc2ccc(OCC=C)cc2)cc(CNC(=O)Nc2ccc(OCC=C)cc2)c1. The molecule has 0 aliphatic rings. The largest absolute Gasteiger partial charge is 0.490 e. The molecule has 52 heavy (non-hydrogen) atoms. The molecule has 6 N–H and O–H groups in total. The second-order valence-corrected chi connectivity index (χ2v) is 10.9. The Kier molecular flexibility index (Phi) is 17.5. The first-order valence-corrected chi connectivity index (χ1v) is 16.5. The van der Waals surface area contributed by atoms with Crippen molar-refractivity contribution in [3.63, 3.8) is 0 Å². The fourth-order valence-electron chi connectivity index (χ4n) is 4.40. The average molecular weight is 707 g/mol. The lowest BCUT2D eigenvalue weighted by Crippen LogP contribution is -2.35. The van der Waals surface area contributed by atoms with Crippen LogP contribution in [0.2, 0.25) is 0 Å². The lowest BCUT2D eigenvalue weighted by atomic mass is 10.1. The van der Waals surface area contributed by atoms with Crippen molar-refractivity contribution in [2.24, 2.45) is 0 Å². The zero-order valence-electron chi connectivity index (χ0n) is 29.1. The van der Waals surface area contributed by atoms with Crippen molar-refractivity contribution in [2.45, 2.75) is 19.6 Å². The molecule has 3 rings (SSSR count). The Morgan fingerprint density at radius 3 is 1.44 bits per heavy atom. The van der Waals surface area contributed by atoms with Gasteiger partial charge in [0, 0.05) is 37.6 Å². The quantitative estimate of drug-likeness (QED) is 0.0396. The highest BCUT2D eigenvalue weighted by atomic mass is 16.5. The third-order valence-corrected chi connectivity index (χ3v) is 6.78. The van der Waals surface area contributed by atoms with E-state index in [9.17, 15) is 14.4 Å². The molecule has 272 valence electrons. The fourth-order valence-corrected chi connectivity index (χ4v) is 4.40. The Balaban J connectivity index is 1.61. The number of amides is 6. The van der Waals surface area contributed by atoms with Gasteiger partial charge in [0.15, 0.2) is 0 Å². The van der Waals surface area contributed by atoms with E-state index < -0.39 is 12.1 Å². The minimum atomic E-state index is -0.405. The summed E-state index contributed by atoms with van der Waals surface area (Å²) in [6.45, 7) is 16.6. The maximum absolute atomic E-state index is 12.7. The highest BCUT2D eigenvalue weighted by Crippen LogP contribution is 2.17. The molecule has 0 saturated heterocycles. The molecule has 0 bridgehead atoms. The van der Waals surface area contributed by atoms with Gasteiger partial charge in [0.25, 0.3) is 0 Å². The van der Waals surface area contributed by atoms with Gasteiger partial charge in [-0.25, -0.2) is 14.4 Å². The second-order valence-electron chi connectivity index (χ2n) is 10.9. The van der Waals surface area contributed by atoms with Crippen molar-refractivity contribution >= 4 is 29.5 Å². The molecule has 0 saturated carbocycles. The molecule has 0 fully saturated rings. The van der Waals surface area contributed by atoms with Crippen LogP contribution in [0.1, 0.15) is 16.7 Å². The first kappa shape index (κ1) is 39.7. The van der Waals surface area contributed by atoms with Crippen LogP contribution in [0.5, 0.6) is 11.5 Å². The maximum atomic E-state index is 12.7. The lowest BCUT2D eigenvalue weighted by Gasteiger charge is -2.14. The van der Waals surface area contributed by atoms with Gasteiger partial charge in [-0.2, -0.15) is 0 Å². The van der Waals surface area contributed by atoms with Gasteiger partial charge in [0.05, 0.1) is 0 Å². The van der Waals surface area contributed by atoms with Gasteiger partial charge >= 0.3 is 18.1 Å². The van der Waals surface area contributed by atoms with Crippen LogP contribution < -0.4 is 41.4 Å². The van der Waals surface area contributed by atoms with E-state index in [-0.39, 0.29) is 32.2 Å². The molecular weight excluding hydrogens is 660 g/mol. The smallest absolute Gasteiger partial charge is 0.319 e. The Hall–Kier alpha value is -6.69. The molecule has 0 spiro atoms. The Bertz CT molecular complexity index is 1630. The highest BCUT2D eigenvalue weighted by Gasteiger charge is 2.09. The van der Waals surface area contributed by atoms with Gasteiger partial charge in [0.2, 0.25) is 0 Å². The first-order valence-electron chi connectivity index (χ1n) is 16.5. The van der Waals surface area contributed by atoms with Crippen molar-refractivity contribution in [1.82, 2.24) is 21.3 Å². The summed E-state index contributed by atoms with van der Waals surface area (Å²) in [4.78, 5) is 37.9. The number of hydrogen-bond acceptors (Lipinski definition) is 6. The van der Waals surface area contributed by atoms with Crippen molar-refractivity contribution in [1.29, 1.82) is 0 Å². The molecule has 3 aromatic rings. The molecule has 6 amide bonds. The third-order valence-electron chi connectivity index (χ3n) is 6.78. The van der Waals surface area contributed by atoms with Crippen LogP contribution in [-0.2, 0) is 24.4 Å². The summed E-state index contributed by atoms with van der Waals surface area (Å²) < 4.78 is 16.4. The van der Waals surface area contributed by atoms with E-state index in [1.807, 2.05) is 18.2 Å². The van der Waals surface area contributed by atoms with E-state index in [2.05, 4.69) is 58.2 Å². The number of urea groups is 3. The molecule has 0 aliphatic heterocycles. The number of ether oxygens (including phenoxy) is 3. The molecule has 0 aliphatic carbocycles. The summed E-state index contributed by atoms with van der Waals surface area (Å²) in [6.07, 6.45) is 11.8. The zero-order chi connectivity index (χ0) is 37.4. The van der Waals surface area contributed by atoms with Gasteiger partial charge in [0.1, 0.15) is 37.1 Å². The first-order chi connectivity index (χ1) is 25.3. The Labute approximate surface area is 305 Å². The second kappa shape index (κ2) is 22.9. The number of carbonyl (C=O) groups excluding carboxylic acids is 3. The van der Waals surface area contributed by atoms with E-state index in [0.717, 1.165) is 16.7 Å². The van der Waals surface area contributed by atoms with Gasteiger partial charge < -0.3 is 46.1 Å². The number of anilines is 2. The molecule has 0 radical (unpaired) electrons. The zero-order valence-corrected chi connectivity index (χ0v) is 29.1. The van der Waals surface area contributed by atoms with Crippen LogP contribution in [0.25, 0.3) is 0 Å². The summed E-state index contributed by atoms with van der Waals surface area (Å²) in [5.41, 5.74) is 3.49. The van der Waals surface area contributed by atoms with E-state index in [1.54, 1.807) is 91.1 Å². The third kappa shape index (κ3) is 15.7. The maximum Gasteiger partial charge on any atom is 0.319 e. The minimum absolute atomic E-state index is 0.188. The van der Waals surface area contributed by atoms with E-state index >= 15 is 0 Å². The average Bonchev–Trinajstić information content (AvgIpc) is 3.16. The van der Waals surface area contributed by atoms with Gasteiger partial charge in [-0.1, -0.05) is 74.9 Å². The van der Waals surface area contributed by atoms with Gasteiger partial charge in [-0.05, 0) is 77.4 Å². The van der Waals surface area contributed by atoms with Crippen LogP contribution in [0, 0.1) is 0 Å². The van der Waals surface area contributed by atoms with E-state index in [4.69, 9.17) is 14.2 Å².